The van der Waals surface area contributed by atoms with E-state index in [9.17, 15) is 19.8 Å². The van der Waals surface area contributed by atoms with E-state index in [0.717, 1.165) is 0 Å². The van der Waals surface area contributed by atoms with Gasteiger partial charge in [0, 0.05) is 6.42 Å². The van der Waals surface area contributed by atoms with Gasteiger partial charge in [-0.1, -0.05) is 24.3 Å². The lowest BCUT2D eigenvalue weighted by atomic mass is 9.94. The van der Waals surface area contributed by atoms with E-state index in [1.54, 1.807) is 24.3 Å². The number of carboxylic acid groups (broad SMARTS) is 2. The van der Waals surface area contributed by atoms with Crippen molar-refractivity contribution in [3.8, 4) is 0 Å². The SMILES string of the molecule is O=C(O)CCc1ccccc1C(O)C(O)CC(=O)O. The maximum Gasteiger partial charge on any atom is 0.306 e. The van der Waals surface area contributed by atoms with Crippen molar-refractivity contribution in [1.82, 2.24) is 0 Å². The van der Waals surface area contributed by atoms with E-state index in [4.69, 9.17) is 10.2 Å². The molecule has 0 aliphatic carbocycles. The van der Waals surface area contributed by atoms with Crippen LogP contribution in [0.2, 0.25) is 0 Å². The predicted octanol–water partition coefficient (Wildman–Crippen LogP) is 0.573. The van der Waals surface area contributed by atoms with Crippen molar-refractivity contribution < 1.29 is 30.0 Å². The van der Waals surface area contributed by atoms with Crippen LogP contribution in [0.15, 0.2) is 24.3 Å². The van der Waals surface area contributed by atoms with E-state index < -0.39 is 30.6 Å². The summed E-state index contributed by atoms with van der Waals surface area (Å²) in [5.74, 6) is -2.18. The first-order valence-electron chi connectivity index (χ1n) is 5.79. The fourth-order valence-electron chi connectivity index (χ4n) is 1.79. The van der Waals surface area contributed by atoms with Crippen LogP contribution in [0.1, 0.15) is 30.1 Å². The Labute approximate surface area is 109 Å². The number of carbonyl (C=O) groups is 2. The molecule has 0 aromatic heterocycles. The van der Waals surface area contributed by atoms with Gasteiger partial charge in [-0.2, -0.15) is 0 Å². The lowest BCUT2D eigenvalue weighted by molar-refractivity contribution is -0.141. The van der Waals surface area contributed by atoms with Gasteiger partial charge in [-0.15, -0.1) is 0 Å². The van der Waals surface area contributed by atoms with Gasteiger partial charge >= 0.3 is 11.9 Å². The van der Waals surface area contributed by atoms with Crippen molar-refractivity contribution in [3.63, 3.8) is 0 Å². The van der Waals surface area contributed by atoms with Crippen LogP contribution in [0.3, 0.4) is 0 Å². The van der Waals surface area contributed by atoms with Crippen molar-refractivity contribution in [2.24, 2.45) is 0 Å². The standard InChI is InChI=1S/C13H16O6/c14-10(7-12(17)18)13(19)9-4-2-1-3-8(9)5-6-11(15)16/h1-4,10,13-14,19H,5-7H2,(H,15,16)(H,17,18). The molecule has 2 atom stereocenters. The van der Waals surface area contributed by atoms with Gasteiger partial charge in [-0.05, 0) is 17.5 Å². The van der Waals surface area contributed by atoms with Crippen LogP contribution < -0.4 is 0 Å². The highest BCUT2D eigenvalue weighted by atomic mass is 16.4. The van der Waals surface area contributed by atoms with Gasteiger partial charge in [0.05, 0.1) is 12.5 Å². The fourth-order valence-corrected chi connectivity index (χ4v) is 1.79. The maximum atomic E-state index is 10.5. The average molecular weight is 268 g/mol. The highest BCUT2D eigenvalue weighted by Gasteiger charge is 2.23. The molecule has 0 heterocycles. The Morgan fingerprint density at radius 2 is 1.68 bits per heavy atom. The molecule has 0 saturated carbocycles. The molecule has 1 aromatic carbocycles. The molecule has 0 spiro atoms. The minimum absolute atomic E-state index is 0.0985. The number of hydrogen-bond acceptors (Lipinski definition) is 4. The quantitative estimate of drug-likeness (QED) is 0.574. The Morgan fingerprint density at radius 1 is 1.05 bits per heavy atom. The van der Waals surface area contributed by atoms with Crippen LogP contribution in [-0.4, -0.2) is 38.5 Å². The van der Waals surface area contributed by atoms with Crippen LogP contribution in [-0.2, 0) is 16.0 Å². The number of aryl methyl sites for hydroxylation is 1. The fraction of sp³-hybridized carbons (Fsp3) is 0.385. The van der Waals surface area contributed by atoms with Crippen LogP contribution in [0.4, 0.5) is 0 Å². The molecule has 1 rings (SSSR count). The first kappa shape index (κ1) is 15.1. The van der Waals surface area contributed by atoms with Gasteiger partial charge in [0.25, 0.3) is 0 Å². The third-order valence-corrected chi connectivity index (χ3v) is 2.73. The largest absolute Gasteiger partial charge is 0.481 e. The molecule has 19 heavy (non-hydrogen) atoms. The summed E-state index contributed by atoms with van der Waals surface area (Å²) in [6.07, 6.45) is -3.24. The van der Waals surface area contributed by atoms with E-state index in [0.29, 0.717) is 11.1 Å². The minimum Gasteiger partial charge on any atom is -0.481 e. The summed E-state index contributed by atoms with van der Waals surface area (Å²) in [5, 5.41) is 36.7. The molecule has 0 saturated heterocycles. The molecule has 104 valence electrons. The molecule has 0 fully saturated rings. The Bertz CT molecular complexity index is 456. The van der Waals surface area contributed by atoms with Crippen LogP contribution >= 0.6 is 0 Å². The third-order valence-electron chi connectivity index (χ3n) is 2.73. The summed E-state index contributed by atoms with van der Waals surface area (Å²) >= 11 is 0. The second kappa shape index (κ2) is 6.86. The molecular weight excluding hydrogens is 252 g/mol. The Morgan fingerprint density at radius 3 is 2.26 bits per heavy atom. The first-order valence-corrected chi connectivity index (χ1v) is 5.79. The molecule has 1 aromatic rings. The van der Waals surface area contributed by atoms with Gasteiger partial charge in [-0.25, -0.2) is 0 Å². The summed E-state index contributed by atoms with van der Waals surface area (Å²) < 4.78 is 0. The molecule has 0 aliphatic heterocycles. The lowest BCUT2D eigenvalue weighted by Crippen LogP contribution is -2.22. The van der Waals surface area contributed by atoms with Crippen LogP contribution in [0.5, 0.6) is 0 Å². The first-order chi connectivity index (χ1) is 8.91. The second-order valence-corrected chi connectivity index (χ2v) is 4.20. The third kappa shape index (κ3) is 4.69. The van der Waals surface area contributed by atoms with Gasteiger partial charge in [0.1, 0.15) is 6.10 Å². The average Bonchev–Trinajstić information content (AvgIpc) is 2.35. The number of carboxylic acids is 2. The summed E-state index contributed by atoms with van der Waals surface area (Å²) in [6, 6.07) is 6.52. The van der Waals surface area contributed by atoms with Crippen molar-refractivity contribution in [1.29, 1.82) is 0 Å². The van der Waals surface area contributed by atoms with Gasteiger partial charge in [0.2, 0.25) is 0 Å². The van der Waals surface area contributed by atoms with Crippen LogP contribution in [0.25, 0.3) is 0 Å². The van der Waals surface area contributed by atoms with Gasteiger partial charge < -0.3 is 20.4 Å². The molecule has 6 nitrogen and oxygen atoms in total. The van der Waals surface area contributed by atoms with Crippen molar-refractivity contribution in [2.45, 2.75) is 31.5 Å². The minimum atomic E-state index is -1.43. The number of aliphatic hydroxyl groups is 2. The predicted molar refractivity (Wildman–Crippen MR) is 65.6 cm³/mol. The van der Waals surface area contributed by atoms with E-state index in [1.807, 2.05) is 0 Å². The van der Waals surface area contributed by atoms with Crippen LogP contribution in [0, 0.1) is 0 Å². The Kier molecular flexibility index (Phi) is 5.47. The topological polar surface area (TPSA) is 115 Å². The smallest absolute Gasteiger partial charge is 0.306 e. The molecular formula is C13H16O6. The van der Waals surface area contributed by atoms with Crippen molar-refractivity contribution in [2.75, 3.05) is 0 Å². The summed E-state index contributed by atoms with van der Waals surface area (Å²) in [5.41, 5.74) is 0.944. The highest BCUT2D eigenvalue weighted by Crippen LogP contribution is 2.23. The van der Waals surface area contributed by atoms with E-state index in [2.05, 4.69) is 0 Å². The van der Waals surface area contributed by atoms with Crippen molar-refractivity contribution in [3.05, 3.63) is 35.4 Å². The summed E-state index contributed by atoms with van der Waals surface area (Å²) in [4.78, 5) is 21.0. The normalized spacial score (nSPS) is 13.8. The van der Waals surface area contributed by atoms with E-state index >= 15 is 0 Å². The van der Waals surface area contributed by atoms with Gasteiger partial charge in [-0.3, -0.25) is 9.59 Å². The second-order valence-electron chi connectivity index (χ2n) is 4.20. The number of benzene rings is 1. The monoisotopic (exact) mass is 268 g/mol. The lowest BCUT2D eigenvalue weighted by Gasteiger charge is -2.19. The molecule has 0 bridgehead atoms. The number of rotatable bonds is 7. The molecule has 2 unspecified atom stereocenters. The summed E-state index contributed by atoms with van der Waals surface area (Å²) in [7, 11) is 0. The molecule has 0 amide bonds. The molecule has 0 aliphatic rings. The highest BCUT2D eigenvalue weighted by molar-refractivity contribution is 5.68. The van der Waals surface area contributed by atoms with Crippen molar-refractivity contribution >= 4 is 11.9 Å². The zero-order valence-electron chi connectivity index (χ0n) is 10.2. The Balaban J connectivity index is 2.86. The summed E-state index contributed by atoms with van der Waals surface area (Å²) in [6.45, 7) is 0. The number of aliphatic carboxylic acids is 2. The molecule has 0 radical (unpaired) electrons. The van der Waals surface area contributed by atoms with E-state index in [1.165, 1.54) is 0 Å². The number of hydrogen-bond donors (Lipinski definition) is 4. The van der Waals surface area contributed by atoms with E-state index in [-0.39, 0.29) is 12.8 Å². The maximum absolute atomic E-state index is 10.5. The zero-order valence-corrected chi connectivity index (χ0v) is 10.2. The van der Waals surface area contributed by atoms with Gasteiger partial charge in [0.15, 0.2) is 0 Å². The Hall–Kier alpha value is -1.92. The zero-order chi connectivity index (χ0) is 14.4. The molecule has 4 N–H and O–H groups in total. The number of aliphatic hydroxyl groups excluding tert-OH is 2. The molecule has 6 heteroatoms.